The summed E-state index contributed by atoms with van der Waals surface area (Å²) < 4.78 is 10.6. The van der Waals surface area contributed by atoms with Gasteiger partial charge in [-0.05, 0) is 24.5 Å². The fourth-order valence-corrected chi connectivity index (χ4v) is 2.15. The summed E-state index contributed by atoms with van der Waals surface area (Å²) in [5, 5.41) is 2.80. The standard InChI is InChI=1S/C12H15NO2/c1-13-9-6-8-4-5-11(14-2)12(15-3)10(8)7-9/h1,4-5,9,13H,6-7H2,2-3H3. The Kier molecular flexibility index (Phi) is 2.82. The van der Waals surface area contributed by atoms with E-state index in [4.69, 9.17) is 16.5 Å². The summed E-state index contributed by atoms with van der Waals surface area (Å²) in [5.74, 6) is 1.63. The van der Waals surface area contributed by atoms with Gasteiger partial charge in [-0.2, -0.15) is 0 Å². The van der Waals surface area contributed by atoms with Crippen molar-refractivity contribution < 1.29 is 9.47 Å². The van der Waals surface area contributed by atoms with Crippen LogP contribution in [0, 0.1) is 7.05 Å². The molecule has 0 fully saturated rings. The average molecular weight is 205 g/mol. The van der Waals surface area contributed by atoms with E-state index < -0.39 is 0 Å². The lowest BCUT2D eigenvalue weighted by Gasteiger charge is -2.11. The van der Waals surface area contributed by atoms with Crippen LogP contribution < -0.4 is 14.8 Å². The lowest BCUT2D eigenvalue weighted by molar-refractivity contribution is 0.351. The number of benzene rings is 1. The van der Waals surface area contributed by atoms with Gasteiger partial charge in [0.15, 0.2) is 11.5 Å². The third-order valence-corrected chi connectivity index (χ3v) is 2.90. The molecule has 0 spiro atoms. The molecule has 1 aliphatic carbocycles. The maximum atomic E-state index is 5.45. The second-order valence-corrected chi connectivity index (χ2v) is 3.71. The van der Waals surface area contributed by atoms with E-state index in [0.717, 1.165) is 24.3 Å². The molecule has 0 aliphatic heterocycles. The summed E-state index contributed by atoms with van der Waals surface area (Å²) >= 11 is 0. The molecule has 0 bridgehead atoms. The average Bonchev–Trinajstić information content (AvgIpc) is 2.70. The van der Waals surface area contributed by atoms with Gasteiger partial charge in [0, 0.05) is 18.7 Å². The predicted octanol–water partition coefficient (Wildman–Crippen LogP) is 1.43. The number of rotatable bonds is 3. The zero-order valence-electron chi connectivity index (χ0n) is 9.04. The lowest BCUT2D eigenvalue weighted by Crippen LogP contribution is -2.23. The minimum atomic E-state index is 0.306. The SMILES string of the molecule is [CH]NC1Cc2ccc(OC)c(OC)c2C1. The van der Waals surface area contributed by atoms with Crippen LogP contribution in [0.25, 0.3) is 0 Å². The Balaban J connectivity index is 2.41. The van der Waals surface area contributed by atoms with E-state index in [-0.39, 0.29) is 0 Å². The summed E-state index contributed by atoms with van der Waals surface area (Å²) in [7, 11) is 8.77. The quantitative estimate of drug-likeness (QED) is 0.757. The molecule has 0 aromatic heterocycles. The van der Waals surface area contributed by atoms with Crippen LogP contribution >= 0.6 is 0 Å². The van der Waals surface area contributed by atoms with Gasteiger partial charge in [0.1, 0.15) is 0 Å². The first-order valence-corrected chi connectivity index (χ1v) is 4.99. The van der Waals surface area contributed by atoms with E-state index in [2.05, 4.69) is 11.4 Å². The Labute approximate surface area is 90.4 Å². The Morgan fingerprint density at radius 2 is 2.07 bits per heavy atom. The topological polar surface area (TPSA) is 30.5 Å². The van der Waals surface area contributed by atoms with Crippen LogP contribution in [-0.2, 0) is 12.8 Å². The number of nitrogens with one attached hydrogen (secondary N) is 1. The molecular formula is C12H15NO2. The molecule has 3 nitrogen and oxygen atoms in total. The van der Waals surface area contributed by atoms with Crippen molar-refractivity contribution in [3.05, 3.63) is 30.3 Å². The number of hydrogen-bond donors (Lipinski definition) is 1. The molecule has 0 heterocycles. The summed E-state index contributed by atoms with van der Waals surface area (Å²) in [4.78, 5) is 0. The highest BCUT2D eigenvalue weighted by molar-refractivity contribution is 5.53. The lowest BCUT2D eigenvalue weighted by atomic mass is 10.1. The molecule has 1 N–H and O–H groups in total. The van der Waals surface area contributed by atoms with Crippen molar-refractivity contribution in [1.29, 1.82) is 0 Å². The maximum Gasteiger partial charge on any atom is 0.164 e. The molecule has 2 rings (SSSR count). The number of methoxy groups -OCH3 is 2. The molecule has 1 unspecified atom stereocenters. The zero-order chi connectivity index (χ0) is 10.8. The monoisotopic (exact) mass is 205 g/mol. The summed E-state index contributed by atoms with van der Waals surface area (Å²) in [6, 6.07) is 4.32. The first kappa shape index (κ1) is 10.3. The third-order valence-electron chi connectivity index (χ3n) is 2.90. The Hall–Kier alpha value is -1.22. The zero-order valence-corrected chi connectivity index (χ0v) is 9.04. The van der Waals surface area contributed by atoms with Crippen molar-refractivity contribution in [1.82, 2.24) is 5.32 Å². The second-order valence-electron chi connectivity index (χ2n) is 3.71. The Morgan fingerprint density at radius 3 is 2.67 bits per heavy atom. The van der Waals surface area contributed by atoms with Gasteiger partial charge in [-0.1, -0.05) is 6.07 Å². The Bertz CT molecular complexity index is 363. The molecule has 3 heteroatoms. The largest absolute Gasteiger partial charge is 0.493 e. The molecule has 0 saturated carbocycles. The van der Waals surface area contributed by atoms with E-state index in [1.807, 2.05) is 6.07 Å². The predicted molar refractivity (Wildman–Crippen MR) is 58.2 cm³/mol. The van der Waals surface area contributed by atoms with Crippen LogP contribution in [0.5, 0.6) is 11.5 Å². The first-order valence-electron chi connectivity index (χ1n) is 4.99. The van der Waals surface area contributed by atoms with Crippen molar-refractivity contribution in [3.8, 4) is 11.5 Å². The molecule has 1 atom stereocenters. The van der Waals surface area contributed by atoms with Crippen LogP contribution in [0.1, 0.15) is 11.1 Å². The van der Waals surface area contributed by atoms with Gasteiger partial charge in [-0.3, -0.25) is 0 Å². The molecule has 1 aromatic carbocycles. The van der Waals surface area contributed by atoms with E-state index in [9.17, 15) is 0 Å². The van der Waals surface area contributed by atoms with Crippen LogP contribution in [0.4, 0.5) is 0 Å². The van der Waals surface area contributed by atoms with Gasteiger partial charge in [-0.15, -0.1) is 0 Å². The molecule has 1 aromatic rings. The normalized spacial score (nSPS) is 18.7. The van der Waals surface area contributed by atoms with Gasteiger partial charge < -0.3 is 14.8 Å². The van der Waals surface area contributed by atoms with Crippen LogP contribution in [0.2, 0.25) is 0 Å². The smallest absolute Gasteiger partial charge is 0.164 e. The highest BCUT2D eigenvalue weighted by Crippen LogP contribution is 2.38. The van der Waals surface area contributed by atoms with Gasteiger partial charge in [0.2, 0.25) is 0 Å². The molecule has 80 valence electrons. The molecule has 1 aliphatic rings. The number of hydrogen-bond acceptors (Lipinski definition) is 3. The van der Waals surface area contributed by atoms with Crippen molar-refractivity contribution in [2.45, 2.75) is 18.9 Å². The Morgan fingerprint density at radius 1 is 1.27 bits per heavy atom. The number of fused-ring (bicyclic) bond motifs is 1. The first-order chi connectivity index (χ1) is 7.30. The molecule has 0 saturated heterocycles. The minimum absolute atomic E-state index is 0.306. The van der Waals surface area contributed by atoms with Crippen molar-refractivity contribution in [2.24, 2.45) is 0 Å². The van der Waals surface area contributed by atoms with Crippen LogP contribution in [-0.4, -0.2) is 20.3 Å². The fraction of sp³-hybridized carbons (Fsp3) is 0.417. The fourth-order valence-electron chi connectivity index (χ4n) is 2.15. The molecule has 0 amide bonds. The summed E-state index contributed by atoms with van der Waals surface area (Å²) in [5.41, 5.74) is 2.50. The van der Waals surface area contributed by atoms with E-state index in [1.54, 1.807) is 14.2 Å². The van der Waals surface area contributed by atoms with E-state index in [1.165, 1.54) is 11.1 Å². The van der Waals surface area contributed by atoms with Gasteiger partial charge in [-0.25, -0.2) is 0 Å². The van der Waals surface area contributed by atoms with Crippen molar-refractivity contribution in [3.63, 3.8) is 0 Å². The molecule has 2 radical (unpaired) electrons. The highest BCUT2D eigenvalue weighted by atomic mass is 16.5. The van der Waals surface area contributed by atoms with Gasteiger partial charge in [0.25, 0.3) is 0 Å². The van der Waals surface area contributed by atoms with E-state index in [0.29, 0.717) is 6.04 Å². The number of ether oxygens (including phenoxy) is 2. The van der Waals surface area contributed by atoms with Crippen LogP contribution in [0.3, 0.4) is 0 Å². The highest BCUT2D eigenvalue weighted by Gasteiger charge is 2.25. The van der Waals surface area contributed by atoms with Gasteiger partial charge in [0.05, 0.1) is 14.2 Å². The maximum absolute atomic E-state index is 5.45. The minimum Gasteiger partial charge on any atom is -0.493 e. The summed E-state index contributed by atoms with van der Waals surface area (Å²) in [6.07, 6.45) is 1.85. The van der Waals surface area contributed by atoms with E-state index >= 15 is 0 Å². The molecular weight excluding hydrogens is 190 g/mol. The second kappa shape index (κ2) is 4.11. The van der Waals surface area contributed by atoms with Gasteiger partial charge >= 0.3 is 0 Å². The third kappa shape index (κ3) is 1.67. The van der Waals surface area contributed by atoms with Crippen molar-refractivity contribution in [2.75, 3.05) is 14.2 Å². The van der Waals surface area contributed by atoms with Crippen molar-refractivity contribution >= 4 is 0 Å². The van der Waals surface area contributed by atoms with Crippen LogP contribution in [0.15, 0.2) is 12.1 Å². The molecule has 15 heavy (non-hydrogen) atoms. The summed E-state index contributed by atoms with van der Waals surface area (Å²) in [6.45, 7) is 0.